The number of anilines is 2. The van der Waals surface area contributed by atoms with Crippen molar-refractivity contribution in [1.29, 1.82) is 0 Å². The molecule has 0 radical (unpaired) electrons. The van der Waals surface area contributed by atoms with E-state index in [0.717, 1.165) is 59.6 Å². The van der Waals surface area contributed by atoms with Gasteiger partial charge in [0.15, 0.2) is 0 Å². The van der Waals surface area contributed by atoms with Crippen LogP contribution in [-0.4, -0.2) is 55.1 Å². The van der Waals surface area contributed by atoms with Crippen LogP contribution in [-0.2, 0) is 4.79 Å². The molecule has 5 rings (SSSR count). The first-order valence-electron chi connectivity index (χ1n) is 12.6. The quantitative estimate of drug-likeness (QED) is 0.253. The van der Waals surface area contributed by atoms with Gasteiger partial charge in [0, 0.05) is 47.3 Å². The average Bonchev–Trinajstić information content (AvgIpc) is 3.16. The number of carbonyl (C=O) groups excluding carboxylic acids is 1. The summed E-state index contributed by atoms with van der Waals surface area (Å²) in [5, 5.41) is 0.755. The first kappa shape index (κ1) is 24.9. The molecule has 1 fully saturated rings. The summed E-state index contributed by atoms with van der Waals surface area (Å²) in [4.78, 5) is 26.1. The third kappa shape index (κ3) is 5.61. The molecular weight excluding hydrogens is 488 g/mol. The second-order valence-corrected chi connectivity index (χ2v) is 10.7. The number of para-hydroxylation sites is 1. The zero-order chi connectivity index (χ0) is 24.9. The Balaban J connectivity index is 1.27. The van der Waals surface area contributed by atoms with E-state index in [1.807, 2.05) is 71.3 Å². The summed E-state index contributed by atoms with van der Waals surface area (Å²) < 4.78 is 0. The van der Waals surface area contributed by atoms with Gasteiger partial charge in [-0.25, -0.2) is 4.99 Å². The number of aliphatic imine (C=N–C) groups is 1. The Kier molecular flexibility index (Phi) is 7.95. The lowest BCUT2D eigenvalue weighted by Gasteiger charge is -2.37. The number of piperazine rings is 1. The number of rotatable bonds is 8. The molecule has 0 N–H and O–H groups in total. The number of hydrogen-bond donors (Lipinski definition) is 0. The second-order valence-electron chi connectivity index (χ2n) is 9.13. The molecule has 2 aliphatic rings. The third-order valence-electron chi connectivity index (χ3n) is 6.63. The van der Waals surface area contributed by atoms with Gasteiger partial charge in [-0.15, -0.1) is 11.8 Å². The Morgan fingerprint density at radius 2 is 1.72 bits per heavy atom. The van der Waals surface area contributed by atoms with Gasteiger partial charge in [0.25, 0.3) is 5.91 Å². The predicted molar refractivity (Wildman–Crippen MR) is 152 cm³/mol. The number of halogens is 1. The smallest absolute Gasteiger partial charge is 0.278 e. The van der Waals surface area contributed by atoms with Crippen LogP contribution in [0.3, 0.4) is 0 Å². The van der Waals surface area contributed by atoms with Crippen LogP contribution < -0.4 is 9.80 Å². The number of fused-ring (bicyclic) bond motifs is 1. The van der Waals surface area contributed by atoms with E-state index in [-0.39, 0.29) is 5.91 Å². The van der Waals surface area contributed by atoms with Gasteiger partial charge in [0.1, 0.15) is 5.71 Å². The first-order valence-corrected chi connectivity index (χ1v) is 13.9. The van der Waals surface area contributed by atoms with Crippen LogP contribution in [0.5, 0.6) is 0 Å². The van der Waals surface area contributed by atoms with E-state index in [9.17, 15) is 4.79 Å². The summed E-state index contributed by atoms with van der Waals surface area (Å²) in [6.07, 6.45) is 2.42. The number of hydrogen-bond acceptors (Lipinski definition) is 5. The van der Waals surface area contributed by atoms with Crippen LogP contribution >= 0.6 is 23.4 Å². The normalized spacial score (nSPS) is 17.2. The van der Waals surface area contributed by atoms with Crippen LogP contribution in [0.25, 0.3) is 0 Å². The van der Waals surface area contributed by atoms with Crippen molar-refractivity contribution < 1.29 is 4.79 Å². The lowest BCUT2D eigenvalue weighted by atomic mass is 10.1. The molecule has 0 aromatic heterocycles. The van der Waals surface area contributed by atoms with Gasteiger partial charge < -0.3 is 4.90 Å². The highest BCUT2D eigenvalue weighted by atomic mass is 35.5. The molecule has 1 amide bonds. The van der Waals surface area contributed by atoms with Gasteiger partial charge in [-0.1, -0.05) is 49.2 Å². The van der Waals surface area contributed by atoms with Crippen molar-refractivity contribution in [2.24, 2.45) is 4.99 Å². The zero-order valence-corrected chi connectivity index (χ0v) is 22.1. The van der Waals surface area contributed by atoms with Crippen molar-refractivity contribution in [3.63, 3.8) is 0 Å². The van der Waals surface area contributed by atoms with Crippen LogP contribution in [0.1, 0.15) is 25.3 Å². The fraction of sp³-hybridized carbons (Fsp3) is 0.310. The minimum absolute atomic E-state index is 0.0325. The molecule has 3 aromatic rings. The van der Waals surface area contributed by atoms with Crippen LogP contribution in [0, 0.1) is 0 Å². The van der Waals surface area contributed by atoms with E-state index >= 15 is 0 Å². The molecule has 2 aliphatic heterocycles. The maximum atomic E-state index is 13.5. The SMILES string of the molecule is CCCCSc1ccc(N=C2C(=O)N(CN3CCN(c4cccc(Cl)c4)CC3)c3ccccc32)cc1. The number of benzene rings is 3. The highest BCUT2D eigenvalue weighted by molar-refractivity contribution is 7.99. The minimum Gasteiger partial charge on any atom is -0.369 e. The highest BCUT2D eigenvalue weighted by Crippen LogP contribution is 2.32. The van der Waals surface area contributed by atoms with E-state index in [1.54, 1.807) is 0 Å². The topological polar surface area (TPSA) is 39.2 Å². The lowest BCUT2D eigenvalue weighted by Crippen LogP contribution is -2.51. The fourth-order valence-corrected chi connectivity index (χ4v) is 5.79. The standard InChI is InChI=1S/C29H31ClN4OS/c1-2-3-19-36-25-13-11-23(12-14-25)31-28-26-9-4-5-10-27(26)34(29(28)35)21-32-15-17-33(18-16-32)24-8-6-7-22(30)20-24/h4-14,20H,2-3,15-19,21H2,1H3. The van der Waals surface area contributed by atoms with Crippen molar-refractivity contribution in [2.75, 3.05) is 48.4 Å². The molecule has 0 saturated carbocycles. The van der Waals surface area contributed by atoms with Crippen LogP contribution in [0.4, 0.5) is 17.1 Å². The molecule has 5 nitrogen and oxygen atoms in total. The molecular formula is C29H31ClN4OS. The number of carbonyl (C=O) groups is 1. The summed E-state index contributed by atoms with van der Waals surface area (Å²) in [6, 6.07) is 24.2. The maximum Gasteiger partial charge on any atom is 0.278 e. The maximum absolute atomic E-state index is 13.5. The molecule has 7 heteroatoms. The van der Waals surface area contributed by atoms with Gasteiger partial charge in [0.2, 0.25) is 0 Å². The summed E-state index contributed by atoms with van der Waals surface area (Å²) >= 11 is 8.05. The van der Waals surface area contributed by atoms with Crippen LogP contribution in [0.15, 0.2) is 82.7 Å². The molecule has 1 saturated heterocycles. The van der Waals surface area contributed by atoms with Gasteiger partial charge in [-0.05, 0) is 60.7 Å². The number of thioether (sulfide) groups is 1. The molecule has 0 bridgehead atoms. The predicted octanol–water partition coefficient (Wildman–Crippen LogP) is 6.48. The Labute approximate surface area is 222 Å². The van der Waals surface area contributed by atoms with E-state index in [1.165, 1.54) is 17.7 Å². The molecule has 0 spiro atoms. The third-order valence-corrected chi connectivity index (χ3v) is 7.96. The molecule has 3 aromatic carbocycles. The van der Waals surface area contributed by atoms with Crippen LogP contribution in [0.2, 0.25) is 5.02 Å². The molecule has 0 unspecified atom stereocenters. The first-order chi connectivity index (χ1) is 17.6. The van der Waals surface area contributed by atoms with E-state index < -0.39 is 0 Å². The Morgan fingerprint density at radius 3 is 2.47 bits per heavy atom. The molecule has 0 atom stereocenters. The van der Waals surface area contributed by atoms with Gasteiger partial charge in [-0.2, -0.15) is 0 Å². The summed E-state index contributed by atoms with van der Waals surface area (Å²) in [6.45, 7) is 6.32. The Hall–Kier alpha value is -2.80. The van der Waals surface area contributed by atoms with E-state index in [4.69, 9.17) is 16.6 Å². The lowest BCUT2D eigenvalue weighted by molar-refractivity contribution is -0.112. The minimum atomic E-state index is -0.0325. The second kappa shape index (κ2) is 11.5. The summed E-state index contributed by atoms with van der Waals surface area (Å²) in [7, 11) is 0. The van der Waals surface area contributed by atoms with Gasteiger partial charge in [-0.3, -0.25) is 14.6 Å². The Morgan fingerprint density at radius 1 is 0.944 bits per heavy atom. The highest BCUT2D eigenvalue weighted by Gasteiger charge is 2.35. The summed E-state index contributed by atoms with van der Waals surface area (Å²) in [5.74, 6) is 1.09. The van der Waals surface area contributed by atoms with Crippen molar-refractivity contribution >= 4 is 52.0 Å². The van der Waals surface area contributed by atoms with Gasteiger partial charge in [0.05, 0.1) is 18.0 Å². The largest absolute Gasteiger partial charge is 0.369 e. The average molecular weight is 519 g/mol. The van der Waals surface area contributed by atoms with Crippen molar-refractivity contribution in [3.05, 3.63) is 83.4 Å². The fourth-order valence-electron chi connectivity index (χ4n) is 4.61. The molecule has 0 aliphatic carbocycles. The van der Waals surface area contributed by atoms with E-state index in [0.29, 0.717) is 12.4 Å². The Bertz CT molecular complexity index is 1240. The van der Waals surface area contributed by atoms with Crippen molar-refractivity contribution in [2.45, 2.75) is 24.7 Å². The molecule has 2 heterocycles. The number of amides is 1. The monoisotopic (exact) mass is 518 g/mol. The number of unbranched alkanes of at least 4 members (excludes halogenated alkanes) is 1. The molecule has 36 heavy (non-hydrogen) atoms. The van der Waals surface area contributed by atoms with Gasteiger partial charge >= 0.3 is 0 Å². The van der Waals surface area contributed by atoms with Crippen molar-refractivity contribution in [1.82, 2.24) is 4.90 Å². The number of nitrogens with zero attached hydrogens (tertiary/aromatic N) is 4. The summed E-state index contributed by atoms with van der Waals surface area (Å²) in [5.41, 5.74) is 4.32. The van der Waals surface area contributed by atoms with Crippen molar-refractivity contribution in [3.8, 4) is 0 Å². The van der Waals surface area contributed by atoms with E-state index in [2.05, 4.69) is 34.9 Å². The zero-order valence-electron chi connectivity index (χ0n) is 20.6. The molecule has 186 valence electrons.